The molecule has 0 spiro atoms. The predicted molar refractivity (Wildman–Crippen MR) is 71.8 cm³/mol. The number of hydrogen-bond donors (Lipinski definition) is 0. The minimum Gasteiger partial charge on any atom is -0.0814 e. The first-order chi connectivity index (χ1) is 4.63. The van der Waals surface area contributed by atoms with Gasteiger partial charge in [-0.2, -0.15) is 0 Å². The molecule has 0 aliphatic heterocycles. The van der Waals surface area contributed by atoms with Crippen LogP contribution in [0, 0.1) is 5.92 Å². The van der Waals surface area contributed by atoms with Gasteiger partial charge in [-0.3, -0.25) is 0 Å². The van der Waals surface area contributed by atoms with Gasteiger partial charge in [0.2, 0.25) is 0 Å². The van der Waals surface area contributed by atoms with Gasteiger partial charge in [0.05, 0.1) is 0 Å². The molecule has 0 heterocycles. The first-order valence-electron chi connectivity index (χ1n) is 3.55. The fraction of sp³-hybridized carbons (Fsp3) is 1.00. The van der Waals surface area contributed by atoms with Crippen molar-refractivity contribution in [3.05, 3.63) is 0 Å². The van der Waals surface area contributed by atoms with Crippen LogP contribution in [-0.4, -0.2) is 11.8 Å². The smallest absolute Gasteiger partial charge is 0.0348 e. The lowest BCUT2D eigenvalue weighted by Crippen LogP contribution is -2.34. The van der Waals surface area contributed by atoms with E-state index in [9.17, 15) is 0 Å². The Hall–Kier alpha value is 2.19. The van der Waals surface area contributed by atoms with Gasteiger partial charge in [0.15, 0.2) is 0 Å². The number of rotatable bonds is 0. The molecule has 0 bridgehead atoms. The third kappa shape index (κ3) is 2.34. The standard InChI is InChI=1S/C7H11I3/c1-4-2-3-5(8)7(10)6(4)9/h4-7H,2-3H2,1H3. The molecular formula is C7H11I3. The highest BCUT2D eigenvalue weighted by Gasteiger charge is 2.32. The zero-order valence-electron chi connectivity index (χ0n) is 5.86. The Balaban J connectivity index is 2.52. The zero-order valence-corrected chi connectivity index (χ0v) is 12.3. The van der Waals surface area contributed by atoms with Gasteiger partial charge >= 0.3 is 0 Å². The van der Waals surface area contributed by atoms with Gasteiger partial charge in [0.25, 0.3) is 0 Å². The normalized spacial score (nSPS) is 49.2. The summed E-state index contributed by atoms with van der Waals surface area (Å²) < 4.78 is 2.70. The van der Waals surface area contributed by atoms with Crippen LogP contribution >= 0.6 is 67.8 Å². The van der Waals surface area contributed by atoms with Crippen molar-refractivity contribution in [3.8, 4) is 0 Å². The van der Waals surface area contributed by atoms with Crippen LogP contribution in [-0.2, 0) is 0 Å². The summed E-state index contributed by atoms with van der Waals surface area (Å²) in [5.74, 6) is 0.938. The minimum absolute atomic E-state index is 0.891. The van der Waals surface area contributed by atoms with E-state index in [4.69, 9.17) is 0 Å². The van der Waals surface area contributed by atoms with Gasteiger partial charge in [-0.25, -0.2) is 0 Å². The lowest BCUT2D eigenvalue weighted by molar-refractivity contribution is 0.440. The summed E-state index contributed by atoms with van der Waals surface area (Å²) in [5, 5.41) is 0. The molecule has 1 fully saturated rings. The Bertz CT molecular complexity index is 101. The highest BCUT2D eigenvalue weighted by molar-refractivity contribution is 14.1. The van der Waals surface area contributed by atoms with Crippen LogP contribution in [0.3, 0.4) is 0 Å². The lowest BCUT2D eigenvalue weighted by Gasteiger charge is -2.32. The topological polar surface area (TPSA) is 0 Å². The van der Waals surface area contributed by atoms with Gasteiger partial charge in [-0.1, -0.05) is 74.7 Å². The summed E-state index contributed by atoms with van der Waals surface area (Å²) in [4.78, 5) is 0. The second-order valence-corrected chi connectivity index (χ2v) is 7.44. The van der Waals surface area contributed by atoms with E-state index in [1.165, 1.54) is 12.8 Å². The van der Waals surface area contributed by atoms with E-state index in [0.29, 0.717) is 0 Å². The van der Waals surface area contributed by atoms with Gasteiger partial charge in [0.1, 0.15) is 0 Å². The Morgan fingerprint density at radius 2 is 1.60 bits per heavy atom. The molecule has 0 saturated heterocycles. The van der Waals surface area contributed by atoms with Crippen molar-refractivity contribution >= 4 is 67.8 Å². The monoisotopic (exact) mass is 476 g/mol. The highest BCUT2D eigenvalue weighted by Crippen LogP contribution is 2.38. The molecule has 0 aromatic rings. The molecule has 0 aromatic carbocycles. The Morgan fingerprint density at radius 1 is 1.00 bits per heavy atom. The second kappa shape index (κ2) is 4.43. The molecule has 1 rings (SSSR count). The lowest BCUT2D eigenvalue weighted by atomic mass is 9.91. The molecule has 4 unspecified atom stereocenters. The van der Waals surface area contributed by atoms with Crippen LogP contribution in [0.15, 0.2) is 0 Å². The SMILES string of the molecule is CC1CCC(I)C(I)C1I. The quantitative estimate of drug-likeness (QED) is 0.369. The van der Waals surface area contributed by atoms with Crippen molar-refractivity contribution in [1.29, 1.82) is 0 Å². The second-order valence-electron chi connectivity index (χ2n) is 2.96. The van der Waals surface area contributed by atoms with Crippen LogP contribution < -0.4 is 0 Å². The number of hydrogen-bond acceptors (Lipinski definition) is 0. The third-order valence-electron chi connectivity index (χ3n) is 2.09. The average Bonchev–Trinajstić information content (AvgIpc) is 1.93. The fourth-order valence-corrected chi connectivity index (χ4v) is 4.78. The molecule has 0 radical (unpaired) electrons. The summed E-state index contributed by atoms with van der Waals surface area (Å²) in [6.07, 6.45) is 2.86. The van der Waals surface area contributed by atoms with E-state index >= 15 is 0 Å². The Kier molecular flexibility index (Phi) is 4.55. The maximum Gasteiger partial charge on any atom is 0.0348 e. The van der Waals surface area contributed by atoms with Gasteiger partial charge in [-0.15, -0.1) is 0 Å². The van der Waals surface area contributed by atoms with Crippen molar-refractivity contribution in [2.24, 2.45) is 5.92 Å². The van der Waals surface area contributed by atoms with Crippen LogP contribution in [0.1, 0.15) is 19.8 Å². The van der Waals surface area contributed by atoms with E-state index in [0.717, 1.165) is 17.7 Å². The summed E-state index contributed by atoms with van der Waals surface area (Å²) in [7, 11) is 0. The molecule has 0 N–H and O–H groups in total. The van der Waals surface area contributed by atoms with E-state index in [2.05, 4.69) is 74.7 Å². The van der Waals surface area contributed by atoms with Crippen LogP contribution in [0.2, 0.25) is 0 Å². The average molecular weight is 476 g/mol. The Morgan fingerprint density at radius 3 is 2.10 bits per heavy atom. The van der Waals surface area contributed by atoms with Crippen molar-refractivity contribution in [1.82, 2.24) is 0 Å². The summed E-state index contributed by atoms with van der Waals surface area (Å²) in [6.45, 7) is 2.38. The first kappa shape index (κ1) is 10.3. The van der Waals surface area contributed by atoms with E-state index in [1.54, 1.807) is 0 Å². The van der Waals surface area contributed by atoms with Gasteiger partial charge in [-0.05, 0) is 18.8 Å². The molecule has 1 saturated carbocycles. The van der Waals surface area contributed by atoms with Crippen LogP contribution in [0.5, 0.6) is 0 Å². The highest BCUT2D eigenvalue weighted by atomic mass is 127. The zero-order chi connectivity index (χ0) is 7.72. The molecule has 1 aliphatic carbocycles. The predicted octanol–water partition coefficient (Wildman–Crippen LogP) is 3.83. The van der Waals surface area contributed by atoms with Gasteiger partial charge in [0, 0.05) is 11.8 Å². The molecular weight excluding hydrogens is 465 g/mol. The molecule has 60 valence electrons. The van der Waals surface area contributed by atoms with Crippen molar-refractivity contribution < 1.29 is 0 Å². The summed E-state index contributed by atoms with van der Waals surface area (Å²) in [6, 6.07) is 0. The van der Waals surface area contributed by atoms with Crippen molar-refractivity contribution in [2.45, 2.75) is 31.5 Å². The van der Waals surface area contributed by atoms with E-state index in [-0.39, 0.29) is 0 Å². The first-order valence-corrected chi connectivity index (χ1v) is 7.29. The van der Waals surface area contributed by atoms with E-state index < -0.39 is 0 Å². The molecule has 0 aromatic heterocycles. The maximum absolute atomic E-state index is 2.61. The number of alkyl halides is 3. The van der Waals surface area contributed by atoms with E-state index in [1.807, 2.05) is 0 Å². The summed E-state index contributed by atoms with van der Waals surface area (Å²) in [5.41, 5.74) is 0. The van der Waals surface area contributed by atoms with Crippen LogP contribution in [0.4, 0.5) is 0 Å². The Labute approximate surface area is 104 Å². The largest absolute Gasteiger partial charge is 0.0814 e. The maximum atomic E-state index is 2.61. The van der Waals surface area contributed by atoms with Crippen LogP contribution in [0.25, 0.3) is 0 Å². The molecule has 1 aliphatic rings. The molecule has 0 amide bonds. The fourth-order valence-electron chi connectivity index (χ4n) is 1.25. The minimum atomic E-state index is 0.891. The molecule has 3 heteroatoms. The molecule has 0 nitrogen and oxygen atoms in total. The van der Waals surface area contributed by atoms with Crippen molar-refractivity contribution in [2.75, 3.05) is 0 Å². The third-order valence-corrected chi connectivity index (χ3v) is 9.89. The molecule has 10 heavy (non-hydrogen) atoms. The summed E-state index contributed by atoms with van der Waals surface area (Å²) >= 11 is 7.82. The molecule has 4 atom stereocenters. The van der Waals surface area contributed by atoms with Crippen molar-refractivity contribution in [3.63, 3.8) is 0 Å². The number of halogens is 3. The van der Waals surface area contributed by atoms with Gasteiger partial charge < -0.3 is 0 Å².